The van der Waals surface area contributed by atoms with Gasteiger partial charge in [-0.05, 0) is 13.8 Å². The summed E-state index contributed by atoms with van der Waals surface area (Å²) in [4.78, 5) is 66.3. The third kappa shape index (κ3) is 7.51. The van der Waals surface area contributed by atoms with Gasteiger partial charge in [0.25, 0.3) is 15.9 Å². The molecule has 0 saturated carbocycles. The number of nitrogens with one attached hydrogen (secondary N) is 1. The van der Waals surface area contributed by atoms with Gasteiger partial charge < -0.3 is 30.2 Å². The zero-order chi connectivity index (χ0) is 27.7. The van der Waals surface area contributed by atoms with E-state index in [4.69, 9.17) is 15.2 Å². The van der Waals surface area contributed by atoms with Crippen LogP contribution in [0.3, 0.4) is 0 Å². The van der Waals surface area contributed by atoms with Crippen molar-refractivity contribution in [3.05, 3.63) is 82.8 Å². The average Bonchev–Trinajstić information content (AvgIpc) is 2.81. The maximum Gasteiger partial charge on any atom is 0.338 e. The van der Waals surface area contributed by atoms with Crippen molar-refractivity contribution < 1.29 is 43.8 Å². The molecule has 1 heterocycles. The predicted octanol–water partition coefficient (Wildman–Crippen LogP) is 1.01. The van der Waals surface area contributed by atoms with Gasteiger partial charge in [-0.1, -0.05) is 18.2 Å². The number of ether oxygens (including phenoxy) is 2. The molecule has 2 atom stereocenters. The Balaban J connectivity index is 2.44. The average molecular weight is 525 g/mol. The lowest BCUT2D eigenvalue weighted by Gasteiger charge is -2.30. The Morgan fingerprint density at radius 2 is 1.68 bits per heavy atom. The summed E-state index contributed by atoms with van der Waals surface area (Å²) in [5.74, 6) is -3.79. The van der Waals surface area contributed by atoms with Crippen LogP contribution >= 0.6 is 0 Å². The SMILES string of the molecule is CC1=C(C(=O)OCC(C)O[N+](=O)[O-])C(c2ccccc2[N+](=O)[O-])C(C(=O)OCCCO[N+](=O)[O-])=C(N)N1. The van der Waals surface area contributed by atoms with Crippen LogP contribution in [-0.2, 0) is 28.7 Å². The smallest absolute Gasteiger partial charge is 0.338 e. The molecule has 2 rings (SSSR count). The molecule has 17 nitrogen and oxygen atoms in total. The number of allylic oxidation sites excluding steroid dienone is 1. The Hall–Kier alpha value is -4.96. The van der Waals surface area contributed by atoms with Crippen molar-refractivity contribution in [3.8, 4) is 0 Å². The van der Waals surface area contributed by atoms with Crippen LogP contribution in [0.15, 0.2) is 46.9 Å². The second-order valence-corrected chi connectivity index (χ2v) is 7.52. The molecule has 1 aliphatic rings. The molecule has 200 valence electrons. The molecule has 0 aliphatic carbocycles. The fourth-order valence-corrected chi connectivity index (χ4v) is 3.45. The van der Waals surface area contributed by atoms with Gasteiger partial charge in [-0.15, -0.1) is 20.2 Å². The highest BCUT2D eigenvalue weighted by molar-refractivity contribution is 6.00. The number of carbonyl (C=O) groups is 2. The lowest BCUT2D eigenvalue weighted by atomic mass is 9.80. The van der Waals surface area contributed by atoms with Gasteiger partial charge in [-0.2, -0.15) is 0 Å². The van der Waals surface area contributed by atoms with Gasteiger partial charge in [0.1, 0.15) is 18.5 Å². The van der Waals surface area contributed by atoms with E-state index in [0.29, 0.717) is 0 Å². The quantitative estimate of drug-likeness (QED) is 0.158. The zero-order valence-corrected chi connectivity index (χ0v) is 19.6. The molecule has 17 heteroatoms. The van der Waals surface area contributed by atoms with Crippen LogP contribution in [0.2, 0.25) is 0 Å². The Bertz CT molecular complexity index is 1150. The van der Waals surface area contributed by atoms with Gasteiger partial charge >= 0.3 is 11.9 Å². The summed E-state index contributed by atoms with van der Waals surface area (Å²) in [7, 11) is 0. The minimum absolute atomic E-state index is 0.0540. The van der Waals surface area contributed by atoms with Gasteiger partial charge in [0.05, 0.1) is 35.2 Å². The van der Waals surface area contributed by atoms with E-state index in [-0.39, 0.29) is 47.9 Å². The highest BCUT2D eigenvalue weighted by Crippen LogP contribution is 2.41. The first kappa shape index (κ1) is 28.3. The predicted molar refractivity (Wildman–Crippen MR) is 120 cm³/mol. The summed E-state index contributed by atoms with van der Waals surface area (Å²) in [6, 6.07) is 5.31. The lowest BCUT2D eigenvalue weighted by Crippen LogP contribution is -2.37. The van der Waals surface area contributed by atoms with E-state index < -0.39 is 51.4 Å². The monoisotopic (exact) mass is 525 g/mol. The number of nitrogens with two attached hydrogens (primary N) is 1. The number of esters is 2. The number of hydrogen-bond donors (Lipinski definition) is 2. The molecular weight excluding hydrogens is 502 g/mol. The van der Waals surface area contributed by atoms with E-state index in [2.05, 4.69) is 15.0 Å². The molecule has 0 radical (unpaired) electrons. The van der Waals surface area contributed by atoms with Crippen LogP contribution in [-0.4, -0.2) is 53.0 Å². The fraction of sp³-hybridized carbons (Fsp3) is 0.400. The normalized spacial score (nSPS) is 15.8. The van der Waals surface area contributed by atoms with Crippen LogP contribution in [0.1, 0.15) is 31.7 Å². The molecule has 0 spiro atoms. The number of benzene rings is 1. The molecule has 0 amide bonds. The van der Waals surface area contributed by atoms with Crippen molar-refractivity contribution in [2.45, 2.75) is 32.3 Å². The molecule has 1 aliphatic heterocycles. The Labute approximate surface area is 208 Å². The Morgan fingerprint density at radius 3 is 2.30 bits per heavy atom. The van der Waals surface area contributed by atoms with Gasteiger partial charge in [0.15, 0.2) is 0 Å². The molecular formula is C20H23N5O12. The largest absolute Gasteiger partial charge is 0.462 e. The van der Waals surface area contributed by atoms with Gasteiger partial charge in [0.2, 0.25) is 0 Å². The number of rotatable bonds is 13. The number of nitrogens with zero attached hydrogens (tertiary/aromatic N) is 3. The molecule has 3 N–H and O–H groups in total. The molecule has 2 unspecified atom stereocenters. The van der Waals surface area contributed by atoms with Gasteiger partial charge in [0, 0.05) is 23.7 Å². The number of carbonyl (C=O) groups excluding carboxylic acids is 2. The van der Waals surface area contributed by atoms with Gasteiger partial charge in [-0.25, -0.2) is 9.59 Å². The maximum absolute atomic E-state index is 13.1. The number of hydrogen-bond acceptors (Lipinski definition) is 14. The van der Waals surface area contributed by atoms with Crippen molar-refractivity contribution in [2.75, 3.05) is 19.8 Å². The van der Waals surface area contributed by atoms with Crippen LogP contribution < -0.4 is 11.1 Å². The number of para-hydroxylation sites is 1. The van der Waals surface area contributed by atoms with Crippen LogP contribution in [0.4, 0.5) is 5.69 Å². The third-order valence-electron chi connectivity index (χ3n) is 4.91. The summed E-state index contributed by atoms with van der Waals surface area (Å²) in [6.45, 7) is 1.46. The molecule has 1 aromatic carbocycles. The van der Waals surface area contributed by atoms with Gasteiger partial charge in [-0.3, -0.25) is 10.1 Å². The standard InChI is InChI=1S/C20H23N5O12/c1-11(37-25(32)33)10-35-19(26)15-12(2)22-18(21)17(20(27)34-8-5-9-36-24(30)31)16(15)13-6-3-4-7-14(13)23(28)29/h3-4,6-7,11,16,22H,5,8-10,21H2,1-2H3. The topological polar surface area (TPSA) is 239 Å². The zero-order valence-electron chi connectivity index (χ0n) is 19.6. The van der Waals surface area contributed by atoms with E-state index in [0.717, 1.165) is 6.07 Å². The third-order valence-corrected chi connectivity index (χ3v) is 4.91. The molecule has 0 saturated heterocycles. The van der Waals surface area contributed by atoms with Crippen LogP contribution in [0, 0.1) is 30.3 Å². The highest BCUT2D eigenvalue weighted by atomic mass is 17.0. The van der Waals surface area contributed by atoms with E-state index in [1.807, 2.05) is 0 Å². The lowest BCUT2D eigenvalue weighted by molar-refractivity contribution is -0.767. The Morgan fingerprint density at radius 1 is 1.03 bits per heavy atom. The summed E-state index contributed by atoms with van der Waals surface area (Å²) in [5, 5.41) is 33.1. The first-order chi connectivity index (χ1) is 17.4. The highest BCUT2D eigenvalue weighted by Gasteiger charge is 2.41. The minimum Gasteiger partial charge on any atom is -0.462 e. The van der Waals surface area contributed by atoms with Crippen molar-refractivity contribution in [1.82, 2.24) is 5.32 Å². The fourth-order valence-electron chi connectivity index (χ4n) is 3.45. The summed E-state index contributed by atoms with van der Waals surface area (Å²) >= 11 is 0. The first-order valence-corrected chi connectivity index (χ1v) is 10.6. The number of dihydropyridines is 1. The minimum atomic E-state index is -1.43. The number of nitro benzene ring substituents is 1. The summed E-state index contributed by atoms with van der Waals surface area (Å²) in [5.41, 5.74) is 5.03. The van der Waals surface area contributed by atoms with Crippen molar-refractivity contribution >= 4 is 17.6 Å². The van der Waals surface area contributed by atoms with Crippen molar-refractivity contribution in [1.29, 1.82) is 0 Å². The summed E-state index contributed by atoms with van der Waals surface area (Å²) < 4.78 is 10.3. The Kier molecular flexibility index (Phi) is 9.67. The second kappa shape index (κ2) is 12.7. The number of nitro groups is 1. The van der Waals surface area contributed by atoms with Crippen LogP contribution in [0.5, 0.6) is 0 Å². The summed E-state index contributed by atoms with van der Waals surface area (Å²) in [6.07, 6.45) is -1.19. The van der Waals surface area contributed by atoms with E-state index in [1.165, 1.54) is 32.0 Å². The first-order valence-electron chi connectivity index (χ1n) is 10.6. The molecule has 1 aromatic rings. The maximum atomic E-state index is 13.1. The van der Waals surface area contributed by atoms with E-state index >= 15 is 0 Å². The molecule has 0 fully saturated rings. The second-order valence-electron chi connectivity index (χ2n) is 7.52. The van der Waals surface area contributed by atoms with Crippen molar-refractivity contribution in [2.24, 2.45) is 5.73 Å². The molecule has 0 aromatic heterocycles. The van der Waals surface area contributed by atoms with Crippen LogP contribution in [0.25, 0.3) is 0 Å². The molecule has 0 bridgehead atoms. The van der Waals surface area contributed by atoms with Crippen molar-refractivity contribution in [3.63, 3.8) is 0 Å². The molecule has 37 heavy (non-hydrogen) atoms. The van der Waals surface area contributed by atoms with E-state index in [9.17, 15) is 39.9 Å². The van der Waals surface area contributed by atoms with E-state index in [1.54, 1.807) is 0 Å².